The normalized spacial score (nSPS) is 17.1. The summed E-state index contributed by atoms with van der Waals surface area (Å²) >= 11 is 0. The zero-order valence-electron chi connectivity index (χ0n) is 21.9. The predicted molar refractivity (Wildman–Crippen MR) is 145 cm³/mol. The number of anilines is 1. The zero-order chi connectivity index (χ0) is 26.1. The summed E-state index contributed by atoms with van der Waals surface area (Å²) in [5.41, 5.74) is 3.49. The molecule has 2 heterocycles. The highest BCUT2D eigenvalue weighted by atomic mass is 16.5. The number of aromatic nitrogens is 2. The summed E-state index contributed by atoms with van der Waals surface area (Å²) in [7, 11) is 5.65. The number of aliphatic imine (C=N–C) groups is 1. The molecule has 1 aliphatic heterocycles. The molecule has 9 heteroatoms. The van der Waals surface area contributed by atoms with Crippen LogP contribution < -0.4 is 15.4 Å². The van der Waals surface area contributed by atoms with E-state index in [2.05, 4.69) is 22.3 Å². The molecule has 0 radical (unpaired) electrons. The smallest absolute Gasteiger partial charge is 0.162 e. The molecule has 0 amide bonds. The Morgan fingerprint density at radius 1 is 1.39 bits per heavy atom. The Morgan fingerprint density at radius 3 is 2.83 bits per heavy atom. The van der Waals surface area contributed by atoms with Crippen molar-refractivity contribution in [3.63, 3.8) is 0 Å². The maximum absolute atomic E-state index is 10.00. The van der Waals surface area contributed by atoms with Crippen LogP contribution in [0.5, 0.6) is 5.75 Å². The van der Waals surface area contributed by atoms with E-state index in [1.165, 1.54) is 0 Å². The molecule has 0 bridgehead atoms. The lowest BCUT2D eigenvalue weighted by Crippen LogP contribution is -2.29. The number of nitrogens with one attached hydrogen (secondary N) is 2. The Morgan fingerprint density at radius 2 is 2.19 bits per heavy atom. The van der Waals surface area contributed by atoms with Gasteiger partial charge >= 0.3 is 0 Å². The fraction of sp³-hybridized carbons (Fsp3) is 0.444. The molecule has 1 aliphatic rings. The van der Waals surface area contributed by atoms with Crippen LogP contribution in [0.3, 0.4) is 0 Å². The second-order valence-corrected chi connectivity index (χ2v) is 8.92. The Balaban J connectivity index is 2.04. The second-order valence-electron chi connectivity index (χ2n) is 8.92. The van der Waals surface area contributed by atoms with Gasteiger partial charge in [0.2, 0.25) is 0 Å². The number of nitrogens with zero attached hydrogens (tertiary/aromatic N) is 4. The minimum atomic E-state index is -0.598. The van der Waals surface area contributed by atoms with Crippen molar-refractivity contribution in [1.82, 2.24) is 20.2 Å². The molecule has 1 fully saturated rings. The van der Waals surface area contributed by atoms with Gasteiger partial charge < -0.3 is 30.1 Å². The van der Waals surface area contributed by atoms with E-state index >= 15 is 0 Å². The lowest BCUT2D eigenvalue weighted by Gasteiger charge is -2.19. The Bertz CT molecular complexity index is 1090. The summed E-state index contributed by atoms with van der Waals surface area (Å²) < 4.78 is 11.4. The first-order chi connectivity index (χ1) is 17.4. The molecule has 2 aromatic rings. The number of hydrogen-bond donors (Lipinski definition) is 3. The van der Waals surface area contributed by atoms with Crippen molar-refractivity contribution in [3.8, 4) is 17.1 Å². The average molecular weight is 495 g/mol. The van der Waals surface area contributed by atoms with Crippen molar-refractivity contribution in [2.24, 2.45) is 4.99 Å². The lowest BCUT2D eigenvalue weighted by atomic mass is 10.1. The summed E-state index contributed by atoms with van der Waals surface area (Å²) in [5.74, 6) is 2.72. The van der Waals surface area contributed by atoms with Crippen molar-refractivity contribution < 1.29 is 14.6 Å². The van der Waals surface area contributed by atoms with Crippen molar-refractivity contribution in [3.05, 3.63) is 53.5 Å². The summed E-state index contributed by atoms with van der Waals surface area (Å²) in [6, 6.07) is 7.80. The van der Waals surface area contributed by atoms with E-state index < -0.39 is 6.10 Å². The highest BCUT2D eigenvalue weighted by molar-refractivity contribution is 5.78. The van der Waals surface area contributed by atoms with Gasteiger partial charge in [0.25, 0.3) is 0 Å². The molecular weight excluding hydrogens is 456 g/mol. The van der Waals surface area contributed by atoms with E-state index in [1.807, 2.05) is 69.3 Å². The number of rotatable bonds is 12. The van der Waals surface area contributed by atoms with Gasteiger partial charge in [-0.2, -0.15) is 0 Å². The molecule has 0 aliphatic carbocycles. The largest absolute Gasteiger partial charge is 0.491 e. The van der Waals surface area contributed by atoms with Crippen molar-refractivity contribution in [2.75, 3.05) is 52.8 Å². The maximum Gasteiger partial charge on any atom is 0.162 e. The summed E-state index contributed by atoms with van der Waals surface area (Å²) in [6.45, 7) is 9.73. The van der Waals surface area contributed by atoms with E-state index in [0.29, 0.717) is 24.7 Å². The third kappa shape index (κ3) is 7.13. The standard InChI is InChI=1S/C27H38N6O3/c1-7-19(14-24(29-4)33(5)6)25-18(2)26(30-21-11-12-35-16-21)32-27(31-25)20-9-8-10-23(13-20)36-17-22(34)15-28-3/h7-10,13-14,21-22,28,34H,4,11-12,15-17H2,1-3,5-6H3,(H,30,31,32)/b19-7+,24-14+/t21-,22?/m1/s1. The zero-order valence-corrected chi connectivity index (χ0v) is 21.9. The number of likely N-dealkylation sites (N-methyl/N-ethyl adjacent to an activating group) is 1. The molecule has 0 saturated carbocycles. The predicted octanol–water partition coefficient (Wildman–Crippen LogP) is 3.12. The van der Waals surface area contributed by atoms with Crippen LogP contribution in [0.1, 0.15) is 24.6 Å². The molecule has 3 N–H and O–H groups in total. The maximum atomic E-state index is 10.00. The molecule has 194 valence electrons. The third-order valence-corrected chi connectivity index (χ3v) is 5.88. The fourth-order valence-corrected chi connectivity index (χ4v) is 3.86. The van der Waals surface area contributed by atoms with Gasteiger partial charge in [0.1, 0.15) is 30.1 Å². The summed E-state index contributed by atoms with van der Waals surface area (Å²) in [5, 5.41) is 16.5. The van der Waals surface area contributed by atoms with Crippen LogP contribution in [0.2, 0.25) is 0 Å². The molecule has 9 nitrogen and oxygen atoms in total. The Labute approximate surface area is 214 Å². The lowest BCUT2D eigenvalue weighted by molar-refractivity contribution is 0.108. The van der Waals surface area contributed by atoms with Crippen LogP contribution in [0.15, 0.2) is 47.2 Å². The highest BCUT2D eigenvalue weighted by Crippen LogP contribution is 2.30. The molecular formula is C27H38N6O3. The van der Waals surface area contributed by atoms with E-state index in [-0.39, 0.29) is 12.6 Å². The number of hydrogen-bond acceptors (Lipinski definition) is 9. The van der Waals surface area contributed by atoms with Gasteiger partial charge in [-0.25, -0.2) is 15.0 Å². The number of benzene rings is 1. The van der Waals surface area contributed by atoms with Gasteiger partial charge in [0.05, 0.1) is 18.3 Å². The second kappa shape index (κ2) is 13.2. The van der Waals surface area contributed by atoms with Crippen molar-refractivity contribution >= 4 is 18.1 Å². The van der Waals surface area contributed by atoms with Crippen LogP contribution in [-0.2, 0) is 4.74 Å². The first-order valence-electron chi connectivity index (χ1n) is 12.2. The number of allylic oxidation sites excluding steroid dienone is 3. The van der Waals surface area contributed by atoms with Gasteiger partial charge in [0.15, 0.2) is 5.82 Å². The topological polar surface area (TPSA) is 104 Å². The molecule has 1 unspecified atom stereocenters. The fourth-order valence-electron chi connectivity index (χ4n) is 3.86. The van der Waals surface area contributed by atoms with E-state index in [9.17, 15) is 5.11 Å². The van der Waals surface area contributed by atoms with Gasteiger partial charge in [-0.3, -0.25) is 0 Å². The molecule has 3 rings (SSSR count). The van der Waals surface area contributed by atoms with Gasteiger partial charge in [-0.1, -0.05) is 18.2 Å². The van der Waals surface area contributed by atoms with E-state index in [4.69, 9.17) is 19.4 Å². The minimum absolute atomic E-state index is 0.189. The monoisotopic (exact) mass is 494 g/mol. The minimum Gasteiger partial charge on any atom is -0.491 e. The molecule has 1 aromatic carbocycles. The van der Waals surface area contributed by atoms with Crippen LogP contribution in [0.4, 0.5) is 5.82 Å². The quantitative estimate of drug-likeness (QED) is 0.305. The Hall–Kier alpha value is -3.27. The molecule has 1 saturated heterocycles. The van der Waals surface area contributed by atoms with Crippen molar-refractivity contribution in [1.29, 1.82) is 0 Å². The van der Waals surface area contributed by atoms with Gasteiger partial charge in [-0.05, 0) is 52.2 Å². The highest BCUT2D eigenvalue weighted by Gasteiger charge is 2.21. The first-order valence-corrected chi connectivity index (χ1v) is 12.2. The first kappa shape index (κ1) is 27.3. The summed E-state index contributed by atoms with van der Waals surface area (Å²) in [6.07, 6.45) is 4.31. The number of aliphatic hydroxyl groups is 1. The van der Waals surface area contributed by atoms with E-state index in [0.717, 1.165) is 47.1 Å². The molecule has 36 heavy (non-hydrogen) atoms. The Kier molecular flexibility index (Phi) is 9.98. The van der Waals surface area contributed by atoms with Crippen LogP contribution in [0, 0.1) is 6.92 Å². The van der Waals surface area contributed by atoms with Crippen LogP contribution >= 0.6 is 0 Å². The molecule has 1 aromatic heterocycles. The summed E-state index contributed by atoms with van der Waals surface area (Å²) in [4.78, 5) is 15.9. The SMILES string of the molecule is C=N/C(=C\C(=C/C)c1nc(-c2cccc(OCC(O)CNC)c2)nc(N[C@@H]2CCOC2)c1C)N(C)C. The van der Waals surface area contributed by atoms with Crippen LogP contribution in [-0.4, -0.2) is 86.3 Å². The van der Waals surface area contributed by atoms with Crippen molar-refractivity contribution in [2.45, 2.75) is 32.4 Å². The van der Waals surface area contributed by atoms with Crippen LogP contribution in [0.25, 0.3) is 17.0 Å². The number of aliphatic hydroxyl groups excluding tert-OH is 1. The van der Waals surface area contributed by atoms with Gasteiger partial charge in [0, 0.05) is 43.9 Å². The third-order valence-electron chi connectivity index (χ3n) is 5.88. The number of ether oxygens (including phenoxy) is 2. The van der Waals surface area contributed by atoms with E-state index in [1.54, 1.807) is 7.05 Å². The van der Waals surface area contributed by atoms with Gasteiger partial charge in [-0.15, -0.1) is 0 Å². The molecule has 0 spiro atoms. The molecule has 2 atom stereocenters. The average Bonchev–Trinajstić information content (AvgIpc) is 3.38.